The van der Waals surface area contributed by atoms with Crippen LogP contribution in [0.25, 0.3) is 0 Å². The van der Waals surface area contributed by atoms with Gasteiger partial charge in [0, 0.05) is 25.2 Å². The number of hydrogen-bond donors (Lipinski definition) is 1. The van der Waals surface area contributed by atoms with Crippen molar-refractivity contribution in [2.24, 2.45) is 5.41 Å². The van der Waals surface area contributed by atoms with Crippen molar-refractivity contribution in [2.45, 2.75) is 39.5 Å². The molecular formula is C14H22N4O2. The van der Waals surface area contributed by atoms with Crippen molar-refractivity contribution < 1.29 is 9.63 Å². The van der Waals surface area contributed by atoms with Gasteiger partial charge in [0.25, 0.3) is 0 Å². The van der Waals surface area contributed by atoms with Crippen molar-refractivity contribution in [1.82, 2.24) is 15.0 Å². The van der Waals surface area contributed by atoms with E-state index in [4.69, 9.17) is 10.6 Å². The van der Waals surface area contributed by atoms with Gasteiger partial charge in [-0.3, -0.25) is 4.98 Å². The van der Waals surface area contributed by atoms with Gasteiger partial charge in [0.2, 0.25) is 0 Å². The number of anilines is 1. The van der Waals surface area contributed by atoms with E-state index in [2.05, 4.69) is 9.97 Å². The second-order valence-corrected chi connectivity index (χ2v) is 6.20. The molecule has 1 aliphatic heterocycles. The number of hydrogen-bond acceptors (Lipinski definition) is 6. The van der Waals surface area contributed by atoms with Gasteiger partial charge in [0.05, 0.1) is 17.3 Å². The normalized spacial score (nSPS) is 17.9. The highest BCUT2D eigenvalue weighted by Gasteiger charge is 2.29. The van der Waals surface area contributed by atoms with Crippen LogP contribution in [0.1, 0.15) is 45.2 Å². The minimum absolute atomic E-state index is 0.195. The fraction of sp³-hybridized carbons (Fsp3) is 0.643. The van der Waals surface area contributed by atoms with E-state index in [9.17, 15) is 4.79 Å². The molecule has 0 saturated carbocycles. The number of carbonyl (C=O) groups excluding carboxylic acids is 1. The zero-order chi connectivity index (χ0) is 14.8. The summed E-state index contributed by atoms with van der Waals surface area (Å²) in [6, 6.07) is 0. The molecule has 0 spiro atoms. The van der Waals surface area contributed by atoms with Crippen LogP contribution in [0.5, 0.6) is 0 Å². The summed E-state index contributed by atoms with van der Waals surface area (Å²) in [4.78, 5) is 25.6. The predicted octanol–water partition coefficient (Wildman–Crippen LogP) is 1.74. The standard InChI is InChI=1S/C14H22N4O2/c1-14(2,3)13(19)20-18-6-4-10(5-7-18)11-8-16-9-12(15)17-11/h8-10H,4-7H2,1-3H3,(H2,15,17). The zero-order valence-electron chi connectivity index (χ0n) is 12.3. The molecule has 0 atom stereocenters. The van der Waals surface area contributed by atoms with Gasteiger partial charge in [-0.1, -0.05) is 0 Å². The number of piperidine rings is 1. The lowest BCUT2D eigenvalue weighted by Gasteiger charge is -2.31. The van der Waals surface area contributed by atoms with Gasteiger partial charge < -0.3 is 10.6 Å². The minimum Gasteiger partial charge on any atom is -0.382 e. The van der Waals surface area contributed by atoms with Crippen molar-refractivity contribution in [3.8, 4) is 0 Å². The molecule has 1 aromatic heterocycles. The molecule has 0 radical (unpaired) electrons. The van der Waals surface area contributed by atoms with Gasteiger partial charge in [-0.05, 0) is 33.6 Å². The van der Waals surface area contributed by atoms with Crippen LogP contribution in [-0.2, 0) is 9.63 Å². The Hall–Kier alpha value is -1.69. The molecule has 20 heavy (non-hydrogen) atoms. The van der Waals surface area contributed by atoms with Crippen LogP contribution in [0.15, 0.2) is 12.4 Å². The molecule has 0 aromatic carbocycles. The molecule has 6 heteroatoms. The molecule has 2 heterocycles. The molecule has 0 amide bonds. The first-order valence-corrected chi connectivity index (χ1v) is 6.91. The number of nitrogen functional groups attached to an aromatic ring is 1. The molecule has 0 unspecified atom stereocenters. The summed E-state index contributed by atoms with van der Waals surface area (Å²) in [6.45, 7) is 6.98. The smallest absolute Gasteiger partial charge is 0.330 e. The zero-order valence-corrected chi connectivity index (χ0v) is 12.3. The first kappa shape index (κ1) is 14.7. The largest absolute Gasteiger partial charge is 0.382 e. The monoisotopic (exact) mass is 278 g/mol. The van der Waals surface area contributed by atoms with Crippen molar-refractivity contribution in [3.05, 3.63) is 18.1 Å². The van der Waals surface area contributed by atoms with E-state index in [1.165, 1.54) is 0 Å². The molecule has 110 valence electrons. The maximum Gasteiger partial charge on any atom is 0.330 e. The molecular weight excluding hydrogens is 256 g/mol. The first-order chi connectivity index (χ1) is 9.36. The molecule has 2 rings (SSSR count). The average Bonchev–Trinajstić information content (AvgIpc) is 2.38. The molecule has 1 aromatic rings. The quantitative estimate of drug-likeness (QED) is 0.887. The topological polar surface area (TPSA) is 81.3 Å². The summed E-state index contributed by atoms with van der Waals surface area (Å²) >= 11 is 0. The predicted molar refractivity (Wildman–Crippen MR) is 75.5 cm³/mol. The fourth-order valence-corrected chi connectivity index (χ4v) is 2.09. The Morgan fingerprint density at radius 2 is 2.00 bits per heavy atom. The van der Waals surface area contributed by atoms with E-state index >= 15 is 0 Å². The third kappa shape index (κ3) is 3.66. The summed E-state index contributed by atoms with van der Waals surface area (Å²) < 4.78 is 0. The minimum atomic E-state index is -0.476. The van der Waals surface area contributed by atoms with Crippen LogP contribution in [0.3, 0.4) is 0 Å². The van der Waals surface area contributed by atoms with Crippen LogP contribution in [0.4, 0.5) is 5.82 Å². The van der Waals surface area contributed by atoms with Gasteiger partial charge in [0.15, 0.2) is 0 Å². The molecule has 6 nitrogen and oxygen atoms in total. The summed E-state index contributed by atoms with van der Waals surface area (Å²) in [5.74, 6) is 0.583. The Balaban J connectivity index is 1.88. The Morgan fingerprint density at radius 1 is 1.35 bits per heavy atom. The maximum absolute atomic E-state index is 11.8. The lowest BCUT2D eigenvalue weighted by molar-refractivity contribution is -0.204. The second-order valence-electron chi connectivity index (χ2n) is 6.20. The Labute approximate surface area is 119 Å². The van der Waals surface area contributed by atoms with Crippen LogP contribution in [0, 0.1) is 5.41 Å². The van der Waals surface area contributed by atoms with Gasteiger partial charge in [0.1, 0.15) is 5.82 Å². The van der Waals surface area contributed by atoms with Crippen molar-refractivity contribution in [3.63, 3.8) is 0 Å². The highest BCUT2D eigenvalue weighted by molar-refractivity contribution is 5.75. The van der Waals surface area contributed by atoms with Crippen LogP contribution < -0.4 is 5.73 Å². The highest BCUT2D eigenvalue weighted by atomic mass is 16.7. The molecule has 0 bridgehead atoms. The number of aromatic nitrogens is 2. The maximum atomic E-state index is 11.8. The lowest BCUT2D eigenvalue weighted by atomic mass is 9.94. The second kappa shape index (κ2) is 5.75. The fourth-order valence-electron chi connectivity index (χ4n) is 2.09. The number of nitrogens with zero attached hydrogens (tertiary/aromatic N) is 3. The van der Waals surface area contributed by atoms with E-state index in [1.54, 1.807) is 17.5 Å². The van der Waals surface area contributed by atoms with Crippen molar-refractivity contribution in [2.75, 3.05) is 18.8 Å². The van der Waals surface area contributed by atoms with Crippen molar-refractivity contribution in [1.29, 1.82) is 0 Å². The van der Waals surface area contributed by atoms with Crippen LogP contribution in [0.2, 0.25) is 0 Å². The van der Waals surface area contributed by atoms with Gasteiger partial charge in [-0.2, -0.15) is 0 Å². The molecule has 0 aliphatic carbocycles. The average molecular weight is 278 g/mol. The van der Waals surface area contributed by atoms with Crippen molar-refractivity contribution >= 4 is 11.8 Å². The molecule has 1 fully saturated rings. The Morgan fingerprint density at radius 3 is 2.55 bits per heavy atom. The molecule has 1 saturated heterocycles. The van der Waals surface area contributed by atoms with Gasteiger partial charge in [-0.25, -0.2) is 9.78 Å². The van der Waals surface area contributed by atoms with E-state index in [0.717, 1.165) is 18.5 Å². The third-order valence-electron chi connectivity index (χ3n) is 3.37. The van der Waals surface area contributed by atoms with E-state index in [-0.39, 0.29) is 5.97 Å². The number of carbonyl (C=O) groups is 1. The third-order valence-corrected chi connectivity index (χ3v) is 3.37. The highest BCUT2D eigenvalue weighted by Crippen LogP contribution is 2.27. The van der Waals surface area contributed by atoms with Crippen LogP contribution >= 0.6 is 0 Å². The van der Waals surface area contributed by atoms with Gasteiger partial charge >= 0.3 is 5.97 Å². The van der Waals surface area contributed by atoms with Crippen LogP contribution in [-0.4, -0.2) is 34.1 Å². The van der Waals surface area contributed by atoms with E-state index < -0.39 is 5.41 Å². The lowest BCUT2D eigenvalue weighted by Crippen LogP contribution is -2.38. The molecule has 1 aliphatic rings. The Kier molecular flexibility index (Phi) is 4.23. The SMILES string of the molecule is CC(C)(C)C(=O)ON1CCC(c2cncc(N)n2)CC1. The Bertz CT molecular complexity index is 476. The summed E-state index contributed by atoms with van der Waals surface area (Å²) in [6.07, 6.45) is 5.08. The summed E-state index contributed by atoms with van der Waals surface area (Å²) in [7, 11) is 0. The van der Waals surface area contributed by atoms with E-state index in [1.807, 2.05) is 20.8 Å². The number of hydroxylamine groups is 2. The summed E-state index contributed by atoms with van der Waals surface area (Å²) in [5, 5.41) is 1.74. The van der Waals surface area contributed by atoms with E-state index in [0.29, 0.717) is 24.8 Å². The van der Waals surface area contributed by atoms with Gasteiger partial charge in [-0.15, -0.1) is 5.06 Å². The number of rotatable bonds is 2. The molecule has 2 N–H and O–H groups in total. The number of nitrogens with two attached hydrogens (primary N) is 1. The first-order valence-electron chi connectivity index (χ1n) is 6.91. The summed E-state index contributed by atoms with van der Waals surface area (Å²) in [5.41, 5.74) is 6.10.